The topological polar surface area (TPSA) is 12.9 Å². The van der Waals surface area contributed by atoms with Crippen molar-refractivity contribution in [3.05, 3.63) is 71.9 Å². The van der Waals surface area contributed by atoms with Crippen LogP contribution in [0.5, 0.6) is 0 Å². The van der Waals surface area contributed by atoms with Crippen molar-refractivity contribution in [1.29, 1.82) is 0 Å². The molecule has 0 amide bonds. The summed E-state index contributed by atoms with van der Waals surface area (Å²) in [4.78, 5) is 5.58. The molecule has 0 spiro atoms. The Morgan fingerprint density at radius 1 is 0.789 bits per heavy atom. The molecule has 3 rings (SSSR count). The highest BCUT2D eigenvalue weighted by Gasteiger charge is 1.94. The number of hydrogen-bond acceptors (Lipinski definition) is 2. The molecule has 0 N–H and O–H groups in total. The number of aromatic nitrogens is 1. The number of nitrogens with zero attached hydrogens (tertiary/aromatic N) is 1. The summed E-state index contributed by atoms with van der Waals surface area (Å²) in [6.07, 6.45) is 4.09. The van der Waals surface area contributed by atoms with Gasteiger partial charge in [0.1, 0.15) is 0 Å². The van der Waals surface area contributed by atoms with E-state index in [4.69, 9.17) is 0 Å². The predicted octanol–water partition coefficient (Wildman–Crippen LogP) is 4.69. The molecule has 1 nitrogen and oxygen atoms in total. The minimum Gasteiger partial charge on any atom is -0.248 e. The van der Waals surface area contributed by atoms with E-state index < -0.39 is 0 Å². The first-order valence-electron chi connectivity index (χ1n) is 6.14. The number of rotatable bonds is 2. The SMILES string of the molecule is Sc1ccc(/C=C/c2ccc3ccccc3n2)cc1. The molecule has 0 radical (unpaired) electrons. The first kappa shape index (κ1) is 12.0. The fourth-order valence-corrected chi connectivity index (χ4v) is 2.09. The van der Waals surface area contributed by atoms with Gasteiger partial charge in [-0.15, -0.1) is 12.6 Å². The Morgan fingerprint density at radius 3 is 2.42 bits per heavy atom. The van der Waals surface area contributed by atoms with Crippen molar-refractivity contribution in [3.8, 4) is 0 Å². The van der Waals surface area contributed by atoms with Crippen LogP contribution in [-0.4, -0.2) is 4.98 Å². The largest absolute Gasteiger partial charge is 0.248 e. The van der Waals surface area contributed by atoms with E-state index in [0.717, 1.165) is 21.7 Å². The third-order valence-corrected chi connectivity index (χ3v) is 3.26. The summed E-state index contributed by atoms with van der Waals surface area (Å²) in [7, 11) is 0. The quantitative estimate of drug-likeness (QED) is 0.662. The van der Waals surface area contributed by atoms with E-state index in [2.05, 4.69) is 35.8 Å². The molecule has 92 valence electrons. The fraction of sp³-hybridized carbons (Fsp3) is 0. The van der Waals surface area contributed by atoms with Crippen LogP contribution >= 0.6 is 12.6 Å². The van der Waals surface area contributed by atoms with Gasteiger partial charge in [0, 0.05) is 10.3 Å². The van der Waals surface area contributed by atoms with E-state index in [1.54, 1.807) is 0 Å². The molecule has 2 aromatic carbocycles. The first-order chi connectivity index (χ1) is 9.31. The van der Waals surface area contributed by atoms with Crippen LogP contribution in [0.25, 0.3) is 23.1 Å². The maximum absolute atomic E-state index is 4.61. The Morgan fingerprint density at radius 2 is 1.58 bits per heavy atom. The summed E-state index contributed by atoms with van der Waals surface area (Å²) in [5, 5.41) is 1.17. The van der Waals surface area contributed by atoms with Crippen molar-refractivity contribution in [2.75, 3.05) is 0 Å². The number of pyridine rings is 1. The highest BCUT2D eigenvalue weighted by Crippen LogP contribution is 2.14. The van der Waals surface area contributed by atoms with Crippen molar-refractivity contribution in [1.82, 2.24) is 4.98 Å². The molecule has 0 aliphatic carbocycles. The van der Waals surface area contributed by atoms with Crippen molar-refractivity contribution < 1.29 is 0 Å². The van der Waals surface area contributed by atoms with Gasteiger partial charge in [0.05, 0.1) is 11.2 Å². The molecule has 0 atom stereocenters. The zero-order valence-electron chi connectivity index (χ0n) is 10.3. The molecule has 0 fully saturated rings. The number of thiol groups is 1. The summed E-state index contributed by atoms with van der Waals surface area (Å²) in [5.74, 6) is 0. The van der Waals surface area contributed by atoms with Gasteiger partial charge in [0.15, 0.2) is 0 Å². The Labute approximate surface area is 118 Å². The third kappa shape index (κ3) is 2.85. The number of hydrogen-bond donors (Lipinski definition) is 1. The summed E-state index contributed by atoms with van der Waals surface area (Å²) >= 11 is 4.27. The molecule has 3 aromatic rings. The zero-order chi connectivity index (χ0) is 13.1. The van der Waals surface area contributed by atoms with Gasteiger partial charge in [-0.25, -0.2) is 4.98 Å². The van der Waals surface area contributed by atoms with Crippen LogP contribution in [0.3, 0.4) is 0 Å². The maximum atomic E-state index is 4.61. The van der Waals surface area contributed by atoms with Crippen molar-refractivity contribution in [2.24, 2.45) is 0 Å². The molecule has 0 saturated heterocycles. The standard InChI is InChI=1S/C17H13NS/c19-16-11-6-13(7-12-16)5-9-15-10-8-14-3-1-2-4-17(14)18-15/h1-12,19H/b9-5+. The lowest BCUT2D eigenvalue weighted by molar-refractivity contribution is 1.37. The van der Waals surface area contributed by atoms with E-state index in [9.17, 15) is 0 Å². The van der Waals surface area contributed by atoms with Crippen molar-refractivity contribution >= 4 is 35.7 Å². The van der Waals surface area contributed by atoms with Crippen molar-refractivity contribution in [3.63, 3.8) is 0 Å². The second-order valence-corrected chi connectivity index (χ2v) is 4.87. The van der Waals surface area contributed by atoms with Crippen LogP contribution in [0.15, 0.2) is 65.6 Å². The highest BCUT2D eigenvalue weighted by atomic mass is 32.1. The third-order valence-electron chi connectivity index (χ3n) is 2.96. The van der Waals surface area contributed by atoms with Crippen LogP contribution in [0.2, 0.25) is 0 Å². The van der Waals surface area contributed by atoms with Gasteiger partial charge in [-0.3, -0.25) is 0 Å². The second kappa shape index (κ2) is 5.29. The fourth-order valence-electron chi connectivity index (χ4n) is 1.94. The molecule has 0 unspecified atom stereocenters. The van der Waals surface area contributed by atoms with Gasteiger partial charge in [-0.05, 0) is 35.9 Å². The number of para-hydroxylation sites is 1. The Kier molecular flexibility index (Phi) is 3.34. The van der Waals surface area contributed by atoms with Gasteiger partial charge in [0.25, 0.3) is 0 Å². The van der Waals surface area contributed by atoms with E-state index in [0.29, 0.717) is 0 Å². The minimum absolute atomic E-state index is 0.966. The summed E-state index contributed by atoms with van der Waals surface area (Å²) in [6, 6.07) is 20.3. The smallest absolute Gasteiger partial charge is 0.0709 e. The van der Waals surface area contributed by atoms with Crippen LogP contribution in [0.1, 0.15) is 11.3 Å². The predicted molar refractivity (Wildman–Crippen MR) is 84.4 cm³/mol. The Balaban J connectivity index is 1.90. The molecule has 0 saturated carbocycles. The van der Waals surface area contributed by atoms with E-state index in [1.165, 1.54) is 5.39 Å². The van der Waals surface area contributed by atoms with Gasteiger partial charge in [0.2, 0.25) is 0 Å². The van der Waals surface area contributed by atoms with Gasteiger partial charge < -0.3 is 0 Å². The van der Waals surface area contributed by atoms with Crippen molar-refractivity contribution in [2.45, 2.75) is 4.90 Å². The van der Waals surface area contributed by atoms with Gasteiger partial charge in [-0.2, -0.15) is 0 Å². The van der Waals surface area contributed by atoms with E-state index in [1.807, 2.05) is 54.6 Å². The molecule has 0 aliphatic rings. The van der Waals surface area contributed by atoms with E-state index in [-0.39, 0.29) is 0 Å². The molecule has 2 heteroatoms. The maximum Gasteiger partial charge on any atom is 0.0709 e. The minimum atomic E-state index is 0.966. The van der Waals surface area contributed by atoms with Crippen LogP contribution in [-0.2, 0) is 0 Å². The molecular formula is C17H13NS. The summed E-state index contributed by atoms with van der Waals surface area (Å²) in [5.41, 5.74) is 3.14. The summed E-state index contributed by atoms with van der Waals surface area (Å²) < 4.78 is 0. The molecule has 0 aliphatic heterocycles. The normalized spacial score (nSPS) is 11.2. The van der Waals surface area contributed by atoms with Gasteiger partial charge in [-0.1, -0.05) is 42.5 Å². The lowest BCUT2D eigenvalue weighted by atomic mass is 10.1. The lowest BCUT2D eigenvalue weighted by Gasteiger charge is -1.98. The number of fused-ring (bicyclic) bond motifs is 1. The lowest BCUT2D eigenvalue weighted by Crippen LogP contribution is -1.82. The average molecular weight is 263 g/mol. The van der Waals surface area contributed by atoms with Gasteiger partial charge >= 0.3 is 0 Å². The molecule has 0 bridgehead atoms. The zero-order valence-corrected chi connectivity index (χ0v) is 11.2. The first-order valence-corrected chi connectivity index (χ1v) is 6.59. The number of benzene rings is 2. The highest BCUT2D eigenvalue weighted by molar-refractivity contribution is 7.80. The monoisotopic (exact) mass is 263 g/mol. The molecule has 1 heterocycles. The van der Waals surface area contributed by atoms with Crippen LogP contribution in [0, 0.1) is 0 Å². The Bertz CT molecular complexity index is 730. The second-order valence-electron chi connectivity index (χ2n) is 4.35. The molecule has 1 aromatic heterocycles. The molecular weight excluding hydrogens is 250 g/mol. The Hall–Kier alpha value is -2.06. The van der Waals surface area contributed by atoms with Crippen LogP contribution in [0.4, 0.5) is 0 Å². The average Bonchev–Trinajstić information content (AvgIpc) is 2.46. The summed E-state index contributed by atoms with van der Waals surface area (Å²) in [6.45, 7) is 0. The van der Waals surface area contributed by atoms with Crippen LogP contribution < -0.4 is 0 Å². The molecule has 19 heavy (non-hydrogen) atoms. The van der Waals surface area contributed by atoms with E-state index >= 15 is 0 Å².